The molecule has 0 saturated heterocycles. The van der Waals surface area contributed by atoms with Crippen LogP contribution in [0, 0.1) is 6.92 Å². The highest BCUT2D eigenvalue weighted by Crippen LogP contribution is 2.30. The second kappa shape index (κ2) is 5.53. The number of rotatable bonds is 2. The highest BCUT2D eigenvalue weighted by molar-refractivity contribution is 7.21. The first-order valence-corrected chi connectivity index (χ1v) is 8.54. The van der Waals surface area contributed by atoms with E-state index in [1.54, 1.807) is 18.2 Å². The van der Waals surface area contributed by atoms with E-state index in [1.807, 2.05) is 31.2 Å². The third-order valence-corrected chi connectivity index (χ3v) is 5.60. The van der Waals surface area contributed by atoms with Crippen molar-refractivity contribution in [1.29, 1.82) is 0 Å². The molecule has 0 atom stereocenters. The predicted molar refractivity (Wildman–Crippen MR) is 97.4 cm³/mol. The van der Waals surface area contributed by atoms with Gasteiger partial charge in [-0.1, -0.05) is 18.2 Å². The number of aryl methyl sites for hydroxylation is 1. The van der Waals surface area contributed by atoms with Crippen LogP contribution >= 0.6 is 11.3 Å². The predicted octanol–water partition coefficient (Wildman–Crippen LogP) is 3.69. The minimum absolute atomic E-state index is 0.231. The summed E-state index contributed by atoms with van der Waals surface area (Å²) in [5, 5.41) is 3.84. The lowest BCUT2D eigenvalue weighted by Crippen LogP contribution is -2.24. The average molecular weight is 350 g/mol. The van der Waals surface area contributed by atoms with E-state index in [9.17, 15) is 14.4 Å². The second-order valence-electron chi connectivity index (χ2n) is 5.99. The van der Waals surface area contributed by atoms with Crippen LogP contribution in [0.5, 0.6) is 0 Å². The van der Waals surface area contributed by atoms with E-state index in [0.29, 0.717) is 21.7 Å². The van der Waals surface area contributed by atoms with Crippen LogP contribution in [0.1, 0.15) is 36.0 Å². The van der Waals surface area contributed by atoms with Gasteiger partial charge in [0.15, 0.2) is 0 Å². The maximum atomic E-state index is 12.5. The summed E-state index contributed by atoms with van der Waals surface area (Å²) in [5.41, 5.74) is 2.31. The van der Waals surface area contributed by atoms with E-state index in [1.165, 1.54) is 18.4 Å². The van der Waals surface area contributed by atoms with Crippen molar-refractivity contribution in [3.63, 3.8) is 0 Å². The second-order valence-corrected chi connectivity index (χ2v) is 7.04. The molecule has 2 aromatic carbocycles. The van der Waals surface area contributed by atoms with Crippen molar-refractivity contribution in [2.75, 3.05) is 12.4 Å². The standard InChI is InChI=1S/C19H14N2O3S/c1-10-4-3-5-11-8-15(25-16(10)11)17(22)20-12-6-7-13-14(9-12)19(24)21(2)18(13)23/h3-9H,1-2H3,(H,20,22). The molecule has 6 heteroatoms. The van der Waals surface area contributed by atoms with Crippen molar-refractivity contribution in [3.05, 3.63) is 64.0 Å². The van der Waals surface area contributed by atoms with Gasteiger partial charge in [-0.05, 0) is 42.1 Å². The summed E-state index contributed by atoms with van der Waals surface area (Å²) in [7, 11) is 1.45. The molecule has 1 aliphatic rings. The summed E-state index contributed by atoms with van der Waals surface area (Å²) in [6.07, 6.45) is 0. The summed E-state index contributed by atoms with van der Waals surface area (Å²) in [5.74, 6) is -0.905. The number of nitrogens with one attached hydrogen (secondary N) is 1. The summed E-state index contributed by atoms with van der Waals surface area (Å²) in [4.78, 5) is 38.2. The fourth-order valence-electron chi connectivity index (χ4n) is 2.95. The number of anilines is 1. The van der Waals surface area contributed by atoms with Crippen molar-refractivity contribution in [3.8, 4) is 0 Å². The first-order valence-electron chi connectivity index (χ1n) is 7.72. The maximum absolute atomic E-state index is 12.5. The van der Waals surface area contributed by atoms with Gasteiger partial charge in [0.1, 0.15) is 0 Å². The third-order valence-electron chi connectivity index (χ3n) is 4.31. The third kappa shape index (κ3) is 2.42. The van der Waals surface area contributed by atoms with E-state index in [0.717, 1.165) is 20.5 Å². The Balaban J connectivity index is 1.64. The Morgan fingerprint density at radius 3 is 2.56 bits per heavy atom. The van der Waals surface area contributed by atoms with E-state index >= 15 is 0 Å². The molecule has 1 N–H and O–H groups in total. The monoisotopic (exact) mass is 350 g/mol. The molecule has 0 radical (unpaired) electrons. The number of hydrogen-bond donors (Lipinski definition) is 1. The van der Waals surface area contributed by atoms with Gasteiger partial charge < -0.3 is 5.32 Å². The van der Waals surface area contributed by atoms with E-state index < -0.39 is 0 Å². The average Bonchev–Trinajstić information content (AvgIpc) is 3.13. The molecule has 3 amide bonds. The summed E-state index contributed by atoms with van der Waals surface area (Å²) >= 11 is 1.44. The number of carbonyl (C=O) groups excluding carboxylic acids is 3. The molecule has 1 aromatic heterocycles. The number of nitrogens with zero attached hydrogens (tertiary/aromatic N) is 1. The minimum Gasteiger partial charge on any atom is -0.321 e. The Morgan fingerprint density at radius 1 is 1.04 bits per heavy atom. The molecule has 0 unspecified atom stereocenters. The van der Waals surface area contributed by atoms with Crippen LogP contribution in [0.3, 0.4) is 0 Å². The molecule has 2 heterocycles. The molecular weight excluding hydrogens is 336 g/mol. The van der Waals surface area contributed by atoms with Gasteiger partial charge in [0.25, 0.3) is 17.7 Å². The van der Waals surface area contributed by atoms with Gasteiger partial charge in [-0.25, -0.2) is 0 Å². The lowest BCUT2D eigenvalue weighted by Gasteiger charge is -2.04. The number of amides is 3. The van der Waals surface area contributed by atoms with Crippen molar-refractivity contribution < 1.29 is 14.4 Å². The van der Waals surface area contributed by atoms with Crippen molar-refractivity contribution in [2.45, 2.75) is 6.92 Å². The molecule has 124 valence electrons. The fourth-order valence-corrected chi connectivity index (χ4v) is 3.98. The number of hydrogen-bond acceptors (Lipinski definition) is 4. The molecule has 0 saturated carbocycles. The van der Waals surface area contributed by atoms with Crippen molar-refractivity contribution >= 4 is 44.8 Å². The van der Waals surface area contributed by atoms with Crippen LogP contribution in [0.2, 0.25) is 0 Å². The molecular formula is C19H14N2O3S. The Morgan fingerprint density at radius 2 is 1.80 bits per heavy atom. The fraction of sp³-hybridized carbons (Fsp3) is 0.105. The Hall–Kier alpha value is -2.99. The van der Waals surface area contributed by atoms with Crippen LogP contribution in [0.25, 0.3) is 10.1 Å². The van der Waals surface area contributed by atoms with Crippen LogP contribution in [-0.2, 0) is 0 Å². The topological polar surface area (TPSA) is 66.5 Å². The first kappa shape index (κ1) is 15.5. The Labute approximate surface area is 147 Å². The molecule has 0 bridgehead atoms. The SMILES string of the molecule is Cc1cccc2cc(C(=O)Nc3ccc4c(c3)C(=O)N(C)C4=O)sc12. The molecule has 0 aliphatic carbocycles. The smallest absolute Gasteiger partial charge is 0.265 e. The van der Waals surface area contributed by atoms with Gasteiger partial charge in [-0.3, -0.25) is 19.3 Å². The highest BCUT2D eigenvalue weighted by Gasteiger charge is 2.32. The zero-order chi connectivity index (χ0) is 17.7. The lowest BCUT2D eigenvalue weighted by molar-refractivity contribution is 0.0692. The highest BCUT2D eigenvalue weighted by atomic mass is 32.1. The minimum atomic E-state index is -0.353. The number of imide groups is 1. The molecule has 3 aromatic rings. The molecule has 0 fully saturated rings. The van der Waals surface area contributed by atoms with E-state index in [-0.39, 0.29) is 17.7 Å². The molecule has 25 heavy (non-hydrogen) atoms. The number of thiophene rings is 1. The Bertz CT molecular complexity index is 1070. The largest absolute Gasteiger partial charge is 0.321 e. The first-order chi connectivity index (χ1) is 12.0. The van der Waals surface area contributed by atoms with Crippen molar-refractivity contribution in [2.24, 2.45) is 0 Å². The summed E-state index contributed by atoms with van der Waals surface area (Å²) in [6.45, 7) is 2.01. The van der Waals surface area contributed by atoms with Gasteiger partial charge in [-0.15, -0.1) is 11.3 Å². The van der Waals surface area contributed by atoms with Gasteiger partial charge in [0, 0.05) is 17.4 Å². The van der Waals surface area contributed by atoms with E-state index in [4.69, 9.17) is 0 Å². The molecule has 4 rings (SSSR count). The Kier molecular flexibility index (Phi) is 3.43. The van der Waals surface area contributed by atoms with Crippen LogP contribution < -0.4 is 5.32 Å². The normalized spacial score (nSPS) is 13.4. The van der Waals surface area contributed by atoms with Crippen molar-refractivity contribution in [1.82, 2.24) is 4.90 Å². The molecule has 1 aliphatic heterocycles. The molecule has 5 nitrogen and oxygen atoms in total. The van der Waals surface area contributed by atoms with Gasteiger partial charge in [-0.2, -0.15) is 0 Å². The number of fused-ring (bicyclic) bond motifs is 2. The van der Waals surface area contributed by atoms with Gasteiger partial charge in [0.05, 0.1) is 16.0 Å². The summed E-state index contributed by atoms with van der Waals surface area (Å²) in [6, 6.07) is 12.6. The maximum Gasteiger partial charge on any atom is 0.265 e. The van der Waals surface area contributed by atoms with Crippen LogP contribution in [-0.4, -0.2) is 29.7 Å². The van der Waals surface area contributed by atoms with Gasteiger partial charge >= 0.3 is 0 Å². The van der Waals surface area contributed by atoms with Crippen LogP contribution in [0.15, 0.2) is 42.5 Å². The lowest BCUT2D eigenvalue weighted by atomic mass is 10.1. The van der Waals surface area contributed by atoms with E-state index in [2.05, 4.69) is 5.32 Å². The number of carbonyl (C=O) groups is 3. The summed E-state index contributed by atoms with van der Waals surface area (Å²) < 4.78 is 1.09. The van der Waals surface area contributed by atoms with Crippen LogP contribution in [0.4, 0.5) is 5.69 Å². The zero-order valence-corrected chi connectivity index (χ0v) is 14.4. The quantitative estimate of drug-likeness (QED) is 0.717. The zero-order valence-electron chi connectivity index (χ0n) is 13.6. The van der Waals surface area contributed by atoms with Gasteiger partial charge in [0.2, 0.25) is 0 Å². The number of benzene rings is 2. The molecule has 0 spiro atoms.